The van der Waals surface area contributed by atoms with Crippen molar-refractivity contribution in [3.63, 3.8) is 0 Å². The summed E-state index contributed by atoms with van der Waals surface area (Å²) in [6, 6.07) is 0. The summed E-state index contributed by atoms with van der Waals surface area (Å²) in [4.78, 5) is 37.4. The number of aliphatic hydroxyl groups is 1. The Kier molecular flexibility index (Phi) is 7.26. The number of amides is 1. The first-order valence-corrected chi connectivity index (χ1v) is 10.3. The maximum atomic E-state index is 12.7. The van der Waals surface area contributed by atoms with Gasteiger partial charge in [0, 0.05) is 37.8 Å². The van der Waals surface area contributed by atoms with Crippen molar-refractivity contribution in [3.8, 4) is 0 Å². The van der Waals surface area contributed by atoms with Crippen LogP contribution in [0.2, 0.25) is 0 Å². The number of carbonyl (C=O) groups excluding carboxylic acids is 2. The number of Topliss-reactive ketones (excluding diaryl/α,β-unsaturated/α-hetero) is 1. The summed E-state index contributed by atoms with van der Waals surface area (Å²) >= 11 is 0. The molecular formula is C21H35NO6. The quantitative estimate of drug-likeness (QED) is 0.555. The molecule has 0 radical (unpaired) electrons. The highest BCUT2D eigenvalue weighted by Crippen LogP contribution is 2.50. The van der Waals surface area contributed by atoms with Gasteiger partial charge in [-0.15, -0.1) is 0 Å². The molecular weight excluding hydrogens is 362 g/mol. The molecule has 1 unspecified atom stereocenters. The molecule has 7 heteroatoms. The lowest BCUT2D eigenvalue weighted by Gasteiger charge is -2.37. The monoisotopic (exact) mass is 397 g/mol. The zero-order valence-corrected chi connectivity index (χ0v) is 17.6. The summed E-state index contributed by atoms with van der Waals surface area (Å²) in [5, 5.41) is 18.4. The Balaban J connectivity index is 1.93. The molecule has 2 rings (SSSR count). The average molecular weight is 398 g/mol. The summed E-state index contributed by atoms with van der Waals surface area (Å²) in [5.74, 6) is -0.929. The number of ether oxygens (including phenoxy) is 1. The number of carboxylic acids is 1. The summed E-state index contributed by atoms with van der Waals surface area (Å²) in [6.07, 6.45) is 2.86. The van der Waals surface area contributed by atoms with Gasteiger partial charge in [-0.3, -0.25) is 14.4 Å². The summed E-state index contributed by atoms with van der Waals surface area (Å²) in [7, 11) is 1.84. The van der Waals surface area contributed by atoms with E-state index in [1.54, 1.807) is 4.90 Å². The van der Waals surface area contributed by atoms with E-state index in [1.165, 1.54) is 0 Å². The molecule has 2 saturated heterocycles. The normalized spacial score (nSPS) is 27.6. The van der Waals surface area contributed by atoms with Crippen LogP contribution in [0.4, 0.5) is 0 Å². The highest BCUT2D eigenvalue weighted by atomic mass is 16.5. The predicted octanol–water partition coefficient (Wildman–Crippen LogP) is 2.39. The van der Waals surface area contributed by atoms with Gasteiger partial charge in [0.05, 0.1) is 24.2 Å². The highest BCUT2D eigenvalue weighted by molar-refractivity contribution is 5.81. The van der Waals surface area contributed by atoms with Crippen LogP contribution in [0.3, 0.4) is 0 Å². The Morgan fingerprint density at radius 1 is 1.29 bits per heavy atom. The third kappa shape index (κ3) is 5.32. The molecule has 2 fully saturated rings. The fourth-order valence-corrected chi connectivity index (χ4v) is 4.55. The van der Waals surface area contributed by atoms with Crippen LogP contribution in [0.1, 0.15) is 72.1 Å². The second-order valence-electron chi connectivity index (χ2n) is 9.19. The average Bonchev–Trinajstić information content (AvgIpc) is 3.16. The van der Waals surface area contributed by atoms with E-state index in [4.69, 9.17) is 9.84 Å². The number of fused-ring (bicyclic) bond motifs is 2. The molecule has 0 aromatic carbocycles. The minimum absolute atomic E-state index is 0.126. The standard InChI is InChI=1S/C21H35NO6/c1-5-20(2,3)19(27)22(4)13-14-10-17-7-9-21(14,28-17)8-6-15(23)11-16(24)12-18(25)26/h14,16-17,24H,5-13H2,1-4H3,(H,25,26)/t14-,16?,17+,21-/m1/s1. The van der Waals surface area contributed by atoms with Crippen LogP contribution in [0.5, 0.6) is 0 Å². The van der Waals surface area contributed by atoms with Crippen molar-refractivity contribution in [3.05, 3.63) is 0 Å². The molecule has 160 valence electrons. The number of carboxylic acid groups (broad SMARTS) is 1. The number of rotatable bonds is 11. The molecule has 4 atom stereocenters. The first-order chi connectivity index (χ1) is 13.0. The summed E-state index contributed by atoms with van der Waals surface area (Å²) in [5.41, 5.74) is -0.778. The third-order valence-corrected chi connectivity index (χ3v) is 6.59. The van der Waals surface area contributed by atoms with E-state index in [1.807, 2.05) is 27.8 Å². The lowest BCUT2D eigenvalue weighted by atomic mass is 9.75. The van der Waals surface area contributed by atoms with Crippen LogP contribution < -0.4 is 0 Å². The summed E-state index contributed by atoms with van der Waals surface area (Å²) in [6.45, 7) is 6.55. The molecule has 2 aliphatic rings. The number of ketones is 1. The van der Waals surface area contributed by atoms with Crippen LogP contribution in [0.25, 0.3) is 0 Å². The smallest absolute Gasteiger partial charge is 0.305 e. The number of nitrogens with zero attached hydrogens (tertiary/aromatic N) is 1. The minimum atomic E-state index is -1.14. The second kappa shape index (κ2) is 8.91. The molecule has 2 heterocycles. The van der Waals surface area contributed by atoms with Crippen LogP contribution in [0.15, 0.2) is 0 Å². The molecule has 0 saturated carbocycles. The van der Waals surface area contributed by atoms with Gasteiger partial charge in [0.25, 0.3) is 0 Å². The maximum absolute atomic E-state index is 12.7. The largest absolute Gasteiger partial charge is 0.481 e. The molecule has 0 aromatic rings. The summed E-state index contributed by atoms with van der Waals surface area (Å²) < 4.78 is 6.24. The lowest BCUT2D eigenvalue weighted by molar-refractivity contribution is -0.141. The number of aliphatic carboxylic acids is 1. The Labute approximate surface area is 167 Å². The second-order valence-corrected chi connectivity index (χ2v) is 9.19. The van der Waals surface area contributed by atoms with Gasteiger partial charge in [-0.1, -0.05) is 20.8 Å². The van der Waals surface area contributed by atoms with Crippen molar-refractivity contribution < 1.29 is 29.3 Å². The molecule has 2 N–H and O–H groups in total. The SMILES string of the molecule is CCC(C)(C)C(=O)N(C)C[C@H]1C[C@@H]2CC[C@@]1(CCC(=O)CC(O)CC(=O)O)O2. The molecule has 0 aromatic heterocycles. The molecule has 0 aliphatic carbocycles. The van der Waals surface area contributed by atoms with Crippen LogP contribution >= 0.6 is 0 Å². The van der Waals surface area contributed by atoms with E-state index in [0.29, 0.717) is 13.0 Å². The van der Waals surface area contributed by atoms with E-state index < -0.39 is 23.9 Å². The van der Waals surface area contributed by atoms with Crippen molar-refractivity contribution in [2.24, 2.45) is 11.3 Å². The van der Waals surface area contributed by atoms with Crippen molar-refractivity contribution in [2.75, 3.05) is 13.6 Å². The van der Waals surface area contributed by atoms with Gasteiger partial charge in [-0.05, 0) is 32.1 Å². The van der Waals surface area contributed by atoms with Gasteiger partial charge in [0.2, 0.25) is 5.91 Å². The van der Waals surface area contributed by atoms with Crippen molar-refractivity contribution in [2.45, 2.75) is 89.9 Å². The number of carbonyl (C=O) groups is 3. The first kappa shape index (κ1) is 22.8. The van der Waals surface area contributed by atoms with Crippen molar-refractivity contribution in [1.29, 1.82) is 0 Å². The number of aliphatic hydroxyl groups excluding tert-OH is 1. The van der Waals surface area contributed by atoms with E-state index in [0.717, 1.165) is 25.7 Å². The van der Waals surface area contributed by atoms with E-state index in [2.05, 4.69) is 0 Å². The Bertz CT molecular complexity index is 604. The number of hydrogen-bond acceptors (Lipinski definition) is 5. The zero-order chi connectivity index (χ0) is 21.1. The molecule has 2 bridgehead atoms. The van der Waals surface area contributed by atoms with E-state index in [9.17, 15) is 19.5 Å². The van der Waals surface area contributed by atoms with Gasteiger partial charge in [-0.25, -0.2) is 0 Å². The fourth-order valence-electron chi connectivity index (χ4n) is 4.55. The van der Waals surface area contributed by atoms with Crippen molar-refractivity contribution >= 4 is 17.7 Å². The van der Waals surface area contributed by atoms with Gasteiger partial charge >= 0.3 is 5.97 Å². The van der Waals surface area contributed by atoms with Crippen LogP contribution in [-0.4, -0.2) is 64.2 Å². The van der Waals surface area contributed by atoms with E-state index >= 15 is 0 Å². The molecule has 1 amide bonds. The van der Waals surface area contributed by atoms with Crippen molar-refractivity contribution in [1.82, 2.24) is 4.90 Å². The Morgan fingerprint density at radius 3 is 2.54 bits per heavy atom. The minimum Gasteiger partial charge on any atom is -0.481 e. The molecule has 28 heavy (non-hydrogen) atoms. The lowest BCUT2D eigenvalue weighted by Crippen LogP contribution is -2.46. The van der Waals surface area contributed by atoms with Gasteiger partial charge in [0.1, 0.15) is 5.78 Å². The first-order valence-electron chi connectivity index (χ1n) is 10.3. The maximum Gasteiger partial charge on any atom is 0.305 e. The van der Waals surface area contributed by atoms with Crippen LogP contribution in [-0.2, 0) is 19.1 Å². The van der Waals surface area contributed by atoms with Gasteiger partial charge < -0.3 is 19.8 Å². The van der Waals surface area contributed by atoms with Gasteiger partial charge in [0.15, 0.2) is 0 Å². The highest BCUT2D eigenvalue weighted by Gasteiger charge is 2.53. The third-order valence-electron chi connectivity index (χ3n) is 6.59. The molecule has 0 spiro atoms. The Morgan fingerprint density at radius 2 is 1.96 bits per heavy atom. The van der Waals surface area contributed by atoms with Gasteiger partial charge in [-0.2, -0.15) is 0 Å². The Hall–Kier alpha value is -1.47. The van der Waals surface area contributed by atoms with E-state index in [-0.39, 0.29) is 42.2 Å². The number of hydrogen-bond donors (Lipinski definition) is 2. The topological polar surface area (TPSA) is 104 Å². The molecule has 7 nitrogen and oxygen atoms in total. The van der Waals surface area contributed by atoms with Crippen LogP contribution in [0, 0.1) is 11.3 Å². The zero-order valence-electron chi connectivity index (χ0n) is 17.6. The predicted molar refractivity (Wildman–Crippen MR) is 104 cm³/mol. The molecule has 2 aliphatic heterocycles. The fraction of sp³-hybridized carbons (Fsp3) is 0.857.